The summed E-state index contributed by atoms with van der Waals surface area (Å²) < 4.78 is 10.9. The van der Waals surface area contributed by atoms with Crippen LogP contribution >= 0.6 is 0 Å². The van der Waals surface area contributed by atoms with Crippen LogP contribution in [0.1, 0.15) is 11.1 Å². The largest absolute Gasteiger partial charge is 0.497 e. The predicted octanol–water partition coefficient (Wildman–Crippen LogP) is 2.51. The zero-order valence-corrected chi connectivity index (χ0v) is 13.8. The molecule has 0 bridgehead atoms. The van der Waals surface area contributed by atoms with Gasteiger partial charge in [-0.25, -0.2) is 0 Å². The molecule has 1 aliphatic heterocycles. The summed E-state index contributed by atoms with van der Waals surface area (Å²) in [6.07, 6.45) is 0.400. The van der Waals surface area contributed by atoms with Gasteiger partial charge in [0, 0.05) is 5.69 Å². The van der Waals surface area contributed by atoms with Crippen LogP contribution in [-0.4, -0.2) is 30.7 Å². The molecule has 2 aromatic carbocycles. The number of carbonyl (C=O) groups is 2. The Kier molecular flexibility index (Phi) is 4.88. The minimum atomic E-state index is -0.941. The summed E-state index contributed by atoms with van der Waals surface area (Å²) in [6, 6.07) is 12.4. The molecule has 0 aliphatic carbocycles. The van der Waals surface area contributed by atoms with Crippen molar-refractivity contribution in [2.45, 2.75) is 12.8 Å². The fraction of sp³-hybridized carbons (Fsp3) is 0.263. The van der Waals surface area contributed by atoms with E-state index in [4.69, 9.17) is 14.6 Å². The van der Waals surface area contributed by atoms with Gasteiger partial charge in [-0.1, -0.05) is 18.2 Å². The highest BCUT2D eigenvalue weighted by Gasteiger charge is 2.27. The molecule has 1 unspecified atom stereocenters. The van der Waals surface area contributed by atoms with E-state index in [0.717, 1.165) is 17.1 Å². The summed E-state index contributed by atoms with van der Waals surface area (Å²) >= 11 is 0. The number of amides is 1. The van der Waals surface area contributed by atoms with Gasteiger partial charge in [0.25, 0.3) is 0 Å². The van der Waals surface area contributed by atoms with Crippen LogP contribution in [0.15, 0.2) is 42.5 Å². The van der Waals surface area contributed by atoms with Gasteiger partial charge in [0.05, 0.1) is 19.4 Å². The lowest BCUT2D eigenvalue weighted by Crippen LogP contribution is -2.33. The van der Waals surface area contributed by atoms with Crippen molar-refractivity contribution in [2.24, 2.45) is 5.92 Å². The molecule has 0 radical (unpaired) electrons. The predicted molar refractivity (Wildman–Crippen MR) is 92.1 cm³/mol. The highest BCUT2D eigenvalue weighted by Crippen LogP contribution is 2.31. The van der Waals surface area contributed by atoms with E-state index in [1.807, 2.05) is 18.2 Å². The van der Waals surface area contributed by atoms with E-state index in [0.29, 0.717) is 17.7 Å². The molecule has 6 nitrogen and oxygen atoms in total. The SMILES string of the molecule is COc1ccc2c(c1)CC(C(=O)Nc1ccccc1CC(=O)O)CO2. The van der Waals surface area contributed by atoms with E-state index < -0.39 is 5.97 Å². The quantitative estimate of drug-likeness (QED) is 0.873. The van der Waals surface area contributed by atoms with Gasteiger partial charge < -0.3 is 19.9 Å². The molecule has 0 spiro atoms. The molecule has 1 amide bonds. The molecule has 1 aliphatic rings. The van der Waals surface area contributed by atoms with E-state index in [1.165, 1.54) is 0 Å². The molecule has 2 N–H and O–H groups in total. The van der Waals surface area contributed by atoms with E-state index in [-0.39, 0.29) is 24.9 Å². The summed E-state index contributed by atoms with van der Waals surface area (Å²) in [4.78, 5) is 23.6. The number of hydrogen-bond donors (Lipinski definition) is 2. The average Bonchev–Trinajstić information content (AvgIpc) is 2.62. The highest BCUT2D eigenvalue weighted by atomic mass is 16.5. The Morgan fingerprint density at radius 1 is 1.28 bits per heavy atom. The van der Waals surface area contributed by atoms with Gasteiger partial charge in [-0.2, -0.15) is 0 Å². The van der Waals surface area contributed by atoms with Crippen LogP contribution in [0.25, 0.3) is 0 Å². The normalized spacial score (nSPS) is 15.6. The van der Waals surface area contributed by atoms with Gasteiger partial charge in [-0.15, -0.1) is 0 Å². The average molecular weight is 341 g/mol. The number of ether oxygens (including phenoxy) is 2. The van der Waals surface area contributed by atoms with Crippen molar-refractivity contribution >= 4 is 17.6 Å². The minimum absolute atomic E-state index is 0.141. The summed E-state index contributed by atoms with van der Waals surface area (Å²) in [5.74, 6) is -0.00106. The van der Waals surface area contributed by atoms with Gasteiger partial charge in [0.15, 0.2) is 0 Å². The number of carboxylic acids is 1. The molecule has 2 aromatic rings. The van der Waals surface area contributed by atoms with Gasteiger partial charge in [0.1, 0.15) is 18.1 Å². The van der Waals surface area contributed by atoms with E-state index in [1.54, 1.807) is 31.4 Å². The second-order valence-corrected chi connectivity index (χ2v) is 5.90. The first-order valence-corrected chi connectivity index (χ1v) is 7.97. The summed E-state index contributed by atoms with van der Waals surface area (Å²) in [7, 11) is 1.59. The Labute approximate surface area is 145 Å². The van der Waals surface area contributed by atoms with Crippen molar-refractivity contribution in [2.75, 3.05) is 19.0 Å². The molecule has 3 rings (SSSR count). The van der Waals surface area contributed by atoms with Crippen LogP contribution in [0.4, 0.5) is 5.69 Å². The lowest BCUT2D eigenvalue weighted by atomic mass is 9.95. The molecular formula is C19H19NO5. The topological polar surface area (TPSA) is 84.9 Å². The lowest BCUT2D eigenvalue weighted by molar-refractivity contribution is -0.136. The maximum Gasteiger partial charge on any atom is 0.307 e. The number of carbonyl (C=O) groups excluding carboxylic acids is 1. The first kappa shape index (κ1) is 16.8. The smallest absolute Gasteiger partial charge is 0.307 e. The number of para-hydroxylation sites is 1. The zero-order valence-electron chi connectivity index (χ0n) is 13.8. The summed E-state index contributed by atoms with van der Waals surface area (Å²) in [5.41, 5.74) is 2.01. The molecule has 1 atom stereocenters. The second-order valence-electron chi connectivity index (χ2n) is 5.90. The Hall–Kier alpha value is -3.02. The van der Waals surface area contributed by atoms with Crippen LogP contribution < -0.4 is 14.8 Å². The fourth-order valence-corrected chi connectivity index (χ4v) is 2.86. The molecule has 0 aromatic heterocycles. The Morgan fingerprint density at radius 3 is 2.84 bits per heavy atom. The van der Waals surface area contributed by atoms with Gasteiger partial charge >= 0.3 is 5.97 Å². The van der Waals surface area contributed by atoms with E-state index in [9.17, 15) is 9.59 Å². The first-order chi connectivity index (χ1) is 12.1. The third-order valence-corrected chi connectivity index (χ3v) is 4.16. The third-order valence-electron chi connectivity index (χ3n) is 4.16. The number of carboxylic acid groups (broad SMARTS) is 1. The molecule has 6 heteroatoms. The van der Waals surface area contributed by atoms with Crippen LogP contribution in [0.5, 0.6) is 11.5 Å². The van der Waals surface area contributed by atoms with Gasteiger partial charge in [-0.05, 0) is 41.8 Å². The highest BCUT2D eigenvalue weighted by molar-refractivity contribution is 5.94. The van der Waals surface area contributed by atoms with E-state index >= 15 is 0 Å². The zero-order chi connectivity index (χ0) is 17.8. The van der Waals surface area contributed by atoms with Crippen LogP contribution in [0.3, 0.4) is 0 Å². The van der Waals surface area contributed by atoms with Crippen LogP contribution in [0, 0.1) is 5.92 Å². The maximum absolute atomic E-state index is 12.6. The number of nitrogens with one attached hydrogen (secondary N) is 1. The molecule has 25 heavy (non-hydrogen) atoms. The third kappa shape index (κ3) is 3.91. The minimum Gasteiger partial charge on any atom is -0.497 e. The summed E-state index contributed by atoms with van der Waals surface area (Å²) in [5, 5.41) is 11.8. The van der Waals surface area contributed by atoms with Crippen LogP contribution in [0.2, 0.25) is 0 Å². The molecule has 1 heterocycles. The maximum atomic E-state index is 12.6. The number of hydrogen-bond acceptors (Lipinski definition) is 4. The van der Waals surface area contributed by atoms with Crippen molar-refractivity contribution in [1.82, 2.24) is 0 Å². The summed E-state index contributed by atoms with van der Waals surface area (Å²) in [6.45, 7) is 0.284. The number of fused-ring (bicyclic) bond motifs is 1. The van der Waals surface area contributed by atoms with Crippen molar-refractivity contribution < 1.29 is 24.2 Å². The first-order valence-electron chi connectivity index (χ1n) is 7.97. The Balaban J connectivity index is 1.73. The second kappa shape index (κ2) is 7.25. The van der Waals surface area contributed by atoms with Crippen LogP contribution in [-0.2, 0) is 22.4 Å². The Morgan fingerprint density at radius 2 is 2.08 bits per heavy atom. The molecule has 0 fully saturated rings. The monoisotopic (exact) mass is 341 g/mol. The lowest BCUT2D eigenvalue weighted by Gasteiger charge is -2.25. The van der Waals surface area contributed by atoms with Gasteiger partial charge in [0.2, 0.25) is 5.91 Å². The van der Waals surface area contributed by atoms with Crippen molar-refractivity contribution in [1.29, 1.82) is 0 Å². The molecular weight excluding hydrogens is 322 g/mol. The van der Waals surface area contributed by atoms with Crippen molar-refractivity contribution in [3.63, 3.8) is 0 Å². The number of anilines is 1. The number of aliphatic carboxylic acids is 1. The number of benzene rings is 2. The van der Waals surface area contributed by atoms with Crippen molar-refractivity contribution in [3.05, 3.63) is 53.6 Å². The number of rotatable bonds is 5. The standard InChI is InChI=1S/C19H19NO5/c1-24-15-6-7-17-13(9-15)8-14(11-25-17)19(23)20-16-5-3-2-4-12(16)10-18(21)22/h2-7,9,14H,8,10-11H2,1H3,(H,20,23)(H,21,22). The van der Waals surface area contributed by atoms with Gasteiger partial charge in [-0.3, -0.25) is 9.59 Å². The molecule has 130 valence electrons. The molecule has 0 saturated carbocycles. The number of methoxy groups -OCH3 is 1. The fourth-order valence-electron chi connectivity index (χ4n) is 2.86. The van der Waals surface area contributed by atoms with Crippen molar-refractivity contribution in [3.8, 4) is 11.5 Å². The molecule has 0 saturated heterocycles. The van der Waals surface area contributed by atoms with E-state index in [2.05, 4.69) is 5.32 Å². The Bertz CT molecular complexity index is 802.